The summed E-state index contributed by atoms with van der Waals surface area (Å²) in [6.45, 7) is 9.01. The maximum Gasteiger partial charge on any atom is 0.224 e. The molecule has 2 N–H and O–H groups in total. The van der Waals surface area contributed by atoms with Crippen LogP contribution < -0.4 is 10.6 Å². The maximum atomic E-state index is 13.5. The molecule has 5 rings (SSSR count). The van der Waals surface area contributed by atoms with Gasteiger partial charge in [0, 0.05) is 28.3 Å². The van der Waals surface area contributed by atoms with Crippen LogP contribution in [-0.2, 0) is 15.1 Å². The minimum atomic E-state index is -0.326. The molecule has 1 aromatic rings. The molecule has 3 fully saturated rings. The van der Waals surface area contributed by atoms with Crippen LogP contribution in [-0.4, -0.2) is 11.8 Å². The molecule has 2 saturated carbocycles. The fourth-order valence-electron chi connectivity index (χ4n) is 7.72. The van der Waals surface area contributed by atoms with Crippen molar-refractivity contribution in [1.82, 2.24) is 10.6 Å². The molecule has 5 heteroatoms. The highest BCUT2D eigenvalue weighted by molar-refractivity contribution is 7.10. The van der Waals surface area contributed by atoms with Gasteiger partial charge in [-0.25, -0.2) is 0 Å². The highest BCUT2D eigenvalue weighted by Gasteiger charge is 2.60. The van der Waals surface area contributed by atoms with Gasteiger partial charge in [0.2, 0.25) is 11.8 Å². The molecule has 0 unspecified atom stereocenters. The first-order chi connectivity index (χ1) is 14.6. The SMILES string of the molecule is CC(C)(NC(=O)[C@H]1CC[C@H]2[C@@H]3CC=C4NC(=O)CC[C@]4(C)[C@H]3CC[C@]12C)c1cccs1. The molecule has 1 aromatic heterocycles. The minimum absolute atomic E-state index is 0.0798. The Morgan fingerprint density at radius 3 is 2.74 bits per heavy atom. The van der Waals surface area contributed by atoms with Gasteiger partial charge in [-0.05, 0) is 87.0 Å². The van der Waals surface area contributed by atoms with Crippen LogP contribution in [0.15, 0.2) is 29.3 Å². The van der Waals surface area contributed by atoms with Crippen molar-refractivity contribution in [2.75, 3.05) is 0 Å². The molecule has 3 aliphatic carbocycles. The number of hydrogen-bond donors (Lipinski definition) is 2. The van der Waals surface area contributed by atoms with Crippen molar-refractivity contribution in [3.8, 4) is 0 Å². The van der Waals surface area contributed by atoms with Crippen LogP contribution in [0.3, 0.4) is 0 Å². The summed E-state index contributed by atoms with van der Waals surface area (Å²) in [5.41, 5.74) is 1.03. The van der Waals surface area contributed by atoms with E-state index in [2.05, 4.69) is 61.9 Å². The normalized spacial score (nSPS) is 39.6. The summed E-state index contributed by atoms with van der Waals surface area (Å²) in [6, 6.07) is 4.17. The highest BCUT2D eigenvalue weighted by Crippen LogP contribution is 2.65. The van der Waals surface area contributed by atoms with Crippen LogP contribution >= 0.6 is 11.3 Å². The summed E-state index contributed by atoms with van der Waals surface area (Å²) < 4.78 is 0. The summed E-state index contributed by atoms with van der Waals surface area (Å²) >= 11 is 1.71. The monoisotopic (exact) mass is 440 g/mol. The van der Waals surface area contributed by atoms with E-state index < -0.39 is 0 Å². The van der Waals surface area contributed by atoms with Crippen molar-refractivity contribution >= 4 is 23.2 Å². The van der Waals surface area contributed by atoms with Crippen LogP contribution in [0.25, 0.3) is 0 Å². The number of amides is 2. The molecular formula is C26H36N2O2S. The van der Waals surface area contributed by atoms with Crippen LogP contribution in [0.4, 0.5) is 0 Å². The number of fused-ring (bicyclic) bond motifs is 5. The number of hydrogen-bond acceptors (Lipinski definition) is 3. The Labute approximate surface area is 190 Å². The van der Waals surface area contributed by atoms with E-state index in [1.165, 1.54) is 17.0 Å². The van der Waals surface area contributed by atoms with Gasteiger partial charge in [0.25, 0.3) is 0 Å². The second-order valence-corrected chi connectivity index (χ2v) is 12.4. The van der Waals surface area contributed by atoms with Gasteiger partial charge in [0.1, 0.15) is 0 Å². The largest absolute Gasteiger partial charge is 0.346 e. The van der Waals surface area contributed by atoms with E-state index in [0.29, 0.717) is 24.2 Å². The van der Waals surface area contributed by atoms with Crippen LogP contribution in [0.2, 0.25) is 0 Å². The van der Waals surface area contributed by atoms with E-state index in [1.807, 2.05) is 0 Å². The van der Waals surface area contributed by atoms with Gasteiger partial charge in [-0.2, -0.15) is 0 Å². The molecule has 1 aliphatic heterocycles. The number of thiophene rings is 1. The van der Waals surface area contributed by atoms with Crippen LogP contribution in [0.1, 0.15) is 77.5 Å². The van der Waals surface area contributed by atoms with E-state index in [0.717, 1.165) is 32.1 Å². The zero-order valence-electron chi connectivity index (χ0n) is 19.3. The van der Waals surface area contributed by atoms with Gasteiger partial charge >= 0.3 is 0 Å². The zero-order chi connectivity index (χ0) is 22.0. The molecule has 0 radical (unpaired) electrons. The number of allylic oxidation sites excluding steroid dienone is 2. The lowest BCUT2D eigenvalue weighted by Gasteiger charge is -2.57. The fourth-order valence-corrected chi connectivity index (χ4v) is 8.52. The Kier molecular flexibility index (Phi) is 4.93. The lowest BCUT2D eigenvalue weighted by Crippen LogP contribution is -2.54. The molecule has 31 heavy (non-hydrogen) atoms. The molecule has 1 saturated heterocycles. The number of carbonyl (C=O) groups is 2. The zero-order valence-corrected chi connectivity index (χ0v) is 20.1. The third kappa shape index (κ3) is 3.21. The van der Waals surface area contributed by atoms with Gasteiger partial charge in [0.15, 0.2) is 0 Å². The first-order valence-corrected chi connectivity index (χ1v) is 12.9. The summed E-state index contributed by atoms with van der Waals surface area (Å²) in [4.78, 5) is 26.7. The molecule has 2 heterocycles. The molecule has 0 bridgehead atoms. The fraction of sp³-hybridized carbons (Fsp3) is 0.692. The molecule has 4 nitrogen and oxygen atoms in total. The molecule has 6 atom stereocenters. The topological polar surface area (TPSA) is 58.2 Å². The van der Waals surface area contributed by atoms with Gasteiger partial charge in [-0.1, -0.05) is 26.0 Å². The molecule has 168 valence electrons. The van der Waals surface area contributed by atoms with Crippen LogP contribution in [0.5, 0.6) is 0 Å². The standard InChI is InChI=1S/C26H36N2O2S/c1-24(2,21-6-5-15-31-21)28-23(30)19-9-8-17-16-7-10-20-26(4,14-12-22(29)27-20)18(16)11-13-25(17,19)3/h5-6,10,15-19H,7-9,11-14H2,1-4H3,(H,27,29)(H,28,30)/t16-,17-,18-,19+,25-,26+/m0/s1. The van der Waals surface area contributed by atoms with E-state index in [1.54, 1.807) is 11.3 Å². The second-order valence-electron chi connectivity index (χ2n) is 11.5. The van der Waals surface area contributed by atoms with E-state index in [-0.39, 0.29) is 34.1 Å². The first-order valence-electron chi connectivity index (χ1n) is 12.0. The number of nitrogens with one attached hydrogen (secondary N) is 2. The number of rotatable bonds is 3. The van der Waals surface area contributed by atoms with Crippen molar-refractivity contribution < 1.29 is 9.59 Å². The lowest BCUT2D eigenvalue weighted by atomic mass is 9.49. The Hall–Kier alpha value is -1.62. The van der Waals surface area contributed by atoms with Crippen molar-refractivity contribution in [2.24, 2.45) is 34.5 Å². The van der Waals surface area contributed by atoms with E-state index >= 15 is 0 Å². The molecule has 0 spiro atoms. The summed E-state index contributed by atoms with van der Waals surface area (Å²) in [5, 5.41) is 8.67. The van der Waals surface area contributed by atoms with Gasteiger partial charge in [0.05, 0.1) is 5.54 Å². The maximum absolute atomic E-state index is 13.5. The van der Waals surface area contributed by atoms with Crippen molar-refractivity contribution in [3.05, 3.63) is 34.2 Å². The first kappa shape index (κ1) is 21.2. The quantitative estimate of drug-likeness (QED) is 0.664. The van der Waals surface area contributed by atoms with Gasteiger partial charge in [-0.3, -0.25) is 9.59 Å². The average molecular weight is 441 g/mol. The number of piperidine rings is 1. The van der Waals surface area contributed by atoms with E-state index in [9.17, 15) is 9.59 Å². The summed E-state index contributed by atoms with van der Waals surface area (Å²) in [7, 11) is 0. The molecular weight excluding hydrogens is 404 g/mol. The minimum Gasteiger partial charge on any atom is -0.346 e. The van der Waals surface area contributed by atoms with Crippen LogP contribution in [0, 0.1) is 34.5 Å². The molecule has 0 aromatic carbocycles. The smallest absolute Gasteiger partial charge is 0.224 e. The number of carbonyl (C=O) groups excluding carboxylic acids is 2. The summed E-state index contributed by atoms with van der Waals surface area (Å²) in [6.07, 6.45) is 9.41. The predicted octanol–water partition coefficient (Wildman–Crippen LogP) is 5.36. The van der Waals surface area contributed by atoms with E-state index in [4.69, 9.17) is 0 Å². The van der Waals surface area contributed by atoms with Gasteiger partial charge in [-0.15, -0.1) is 11.3 Å². The Balaban J connectivity index is 1.37. The molecule has 4 aliphatic rings. The average Bonchev–Trinajstić information content (AvgIpc) is 3.36. The lowest BCUT2D eigenvalue weighted by molar-refractivity contribution is -0.134. The Morgan fingerprint density at radius 2 is 2.00 bits per heavy atom. The van der Waals surface area contributed by atoms with Crippen molar-refractivity contribution in [2.45, 2.75) is 78.2 Å². The Morgan fingerprint density at radius 1 is 1.19 bits per heavy atom. The second kappa shape index (κ2) is 7.19. The summed E-state index contributed by atoms with van der Waals surface area (Å²) in [5.74, 6) is 2.36. The molecule has 2 amide bonds. The van der Waals surface area contributed by atoms with Gasteiger partial charge < -0.3 is 10.6 Å². The van der Waals surface area contributed by atoms with Crippen molar-refractivity contribution in [1.29, 1.82) is 0 Å². The Bertz CT molecular complexity index is 920. The highest BCUT2D eigenvalue weighted by atomic mass is 32.1. The van der Waals surface area contributed by atoms with Crippen molar-refractivity contribution in [3.63, 3.8) is 0 Å². The third-order valence-corrected chi connectivity index (χ3v) is 10.7. The predicted molar refractivity (Wildman–Crippen MR) is 124 cm³/mol. The third-order valence-electron chi connectivity index (χ3n) is 9.50.